The molecular weight excluding hydrogens is 293 g/mol. The van der Waals surface area contributed by atoms with Gasteiger partial charge in [-0.05, 0) is 30.0 Å². The number of carboxylic acid groups (broad SMARTS) is 1. The van der Waals surface area contributed by atoms with E-state index in [1.54, 1.807) is 0 Å². The zero-order valence-corrected chi connectivity index (χ0v) is 10.4. The molecule has 0 saturated heterocycles. The van der Waals surface area contributed by atoms with Gasteiger partial charge in [0.05, 0.1) is 6.61 Å². The highest BCUT2D eigenvalue weighted by Crippen LogP contribution is 2.30. The highest BCUT2D eigenvalue weighted by Gasteiger charge is 2.27. The van der Waals surface area contributed by atoms with Crippen molar-refractivity contribution in [1.29, 1.82) is 0 Å². The van der Waals surface area contributed by atoms with Crippen LogP contribution in [-0.2, 0) is 0 Å². The SMILES string of the molecule is O=C(O)c1cc(Cl)ccc1OCCSC(F)(F)F. The molecule has 0 aliphatic carbocycles. The molecule has 0 aliphatic heterocycles. The lowest BCUT2D eigenvalue weighted by molar-refractivity contribution is -0.0329. The number of hydrogen-bond donors (Lipinski definition) is 1. The van der Waals surface area contributed by atoms with Gasteiger partial charge in [-0.1, -0.05) is 11.6 Å². The summed E-state index contributed by atoms with van der Waals surface area (Å²) in [5.74, 6) is -1.57. The Hall–Kier alpha value is -1.08. The molecule has 8 heteroatoms. The maximum Gasteiger partial charge on any atom is 0.441 e. The summed E-state index contributed by atoms with van der Waals surface area (Å²) in [4.78, 5) is 10.8. The molecule has 100 valence electrons. The third-order valence-electron chi connectivity index (χ3n) is 1.78. The lowest BCUT2D eigenvalue weighted by atomic mass is 10.2. The molecule has 0 spiro atoms. The molecule has 18 heavy (non-hydrogen) atoms. The van der Waals surface area contributed by atoms with E-state index in [2.05, 4.69) is 0 Å². The zero-order valence-electron chi connectivity index (χ0n) is 8.83. The van der Waals surface area contributed by atoms with Gasteiger partial charge in [0.25, 0.3) is 0 Å². The number of carboxylic acids is 1. The number of benzene rings is 1. The Bertz CT molecular complexity index is 437. The van der Waals surface area contributed by atoms with Gasteiger partial charge in [-0.2, -0.15) is 13.2 Å². The number of carbonyl (C=O) groups is 1. The van der Waals surface area contributed by atoms with E-state index in [1.807, 2.05) is 0 Å². The van der Waals surface area contributed by atoms with E-state index in [9.17, 15) is 18.0 Å². The predicted molar refractivity (Wildman–Crippen MR) is 62.4 cm³/mol. The van der Waals surface area contributed by atoms with Crippen molar-refractivity contribution >= 4 is 29.3 Å². The van der Waals surface area contributed by atoms with Crippen molar-refractivity contribution in [3.63, 3.8) is 0 Å². The van der Waals surface area contributed by atoms with Gasteiger partial charge in [-0.25, -0.2) is 4.79 Å². The molecule has 1 aromatic rings. The predicted octanol–water partition coefficient (Wildman–Crippen LogP) is 3.67. The van der Waals surface area contributed by atoms with Crippen LogP contribution in [0.3, 0.4) is 0 Å². The Morgan fingerprint density at radius 1 is 1.44 bits per heavy atom. The number of ether oxygens (including phenoxy) is 1. The second-order valence-electron chi connectivity index (χ2n) is 3.09. The molecule has 0 atom stereocenters. The molecule has 1 aromatic carbocycles. The minimum Gasteiger partial charge on any atom is -0.492 e. The van der Waals surface area contributed by atoms with Crippen LogP contribution in [-0.4, -0.2) is 28.9 Å². The van der Waals surface area contributed by atoms with Crippen molar-refractivity contribution in [2.75, 3.05) is 12.4 Å². The van der Waals surface area contributed by atoms with Crippen molar-refractivity contribution < 1.29 is 27.8 Å². The molecule has 0 amide bonds. The fraction of sp³-hybridized carbons (Fsp3) is 0.300. The van der Waals surface area contributed by atoms with E-state index >= 15 is 0 Å². The number of thioether (sulfide) groups is 1. The lowest BCUT2D eigenvalue weighted by Gasteiger charge is -2.10. The van der Waals surface area contributed by atoms with Crippen LogP contribution in [0, 0.1) is 0 Å². The van der Waals surface area contributed by atoms with Crippen molar-refractivity contribution in [3.05, 3.63) is 28.8 Å². The zero-order chi connectivity index (χ0) is 13.8. The smallest absolute Gasteiger partial charge is 0.441 e. The van der Waals surface area contributed by atoms with Crippen LogP contribution >= 0.6 is 23.4 Å². The van der Waals surface area contributed by atoms with Crippen LogP contribution in [0.4, 0.5) is 13.2 Å². The molecule has 1 N–H and O–H groups in total. The Kier molecular flexibility index (Phi) is 5.15. The van der Waals surface area contributed by atoms with Gasteiger partial charge < -0.3 is 9.84 Å². The van der Waals surface area contributed by atoms with E-state index < -0.39 is 11.5 Å². The number of aromatic carboxylic acids is 1. The number of hydrogen-bond acceptors (Lipinski definition) is 3. The van der Waals surface area contributed by atoms with E-state index in [4.69, 9.17) is 21.4 Å². The summed E-state index contributed by atoms with van der Waals surface area (Å²) in [5, 5.41) is 9.06. The van der Waals surface area contributed by atoms with Gasteiger partial charge in [-0.15, -0.1) is 0 Å². The Morgan fingerprint density at radius 2 is 2.11 bits per heavy atom. The normalized spacial score (nSPS) is 11.3. The summed E-state index contributed by atoms with van der Waals surface area (Å²) in [7, 11) is 0. The Labute approximate surface area is 110 Å². The molecule has 0 fully saturated rings. The Balaban J connectivity index is 2.59. The first-order valence-corrected chi connectivity index (χ1v) is 6.02. The molecular formula is C10H8ClF3O3S. The van der Waals surface area contributed by atoms with Gasteiger partial charge in [-0.3, -0.25) is 0 Å². The van der Waals surface area contributed by atoms with Crippen LogP contribution in [0.25, 0.3) is 0 Å². The molecule has 0 saturated carbocycles. The number of rotatable bonds is 5. The third-order valence-corrected chi connectivity index (χ3v) is 2.71. The summed E-state index contributed by atoms with van der Waals surface area (Å²) in [6, 6.07) is 3.89. The molecule has 0 unspecified atom stereocenters. The van der Waals surface area contributed by atoms with Gasteiger partial charge in [0.2, 0.25) is 0 Å². The summed E-state index contributed by atoms with van der Waals surface area (Å²) < 4.78 is 40.5. The quantitative estimate of drug-likeness (QED) is 0.843. The van der Waals surface area contributed by atoms with Crippen LogP contribution in [0.1, 0.15) is 10.4 Å². The average molecular weight is 301 g/mol. The van der Waals surface area contributed by atoms with Crippen molar-refractivity contribution in [1.82, 2.24) is 0 Å². The van der Waals surface area contributed by atoms with Gasteiger partial charge in [0, 0.05) is 10.8 Å². The first kappa shape index (κ1) is 15.0. The fourth-order valence-corrected chi connectivity index (χ4v) is 1.67. The first-order chi connectivity index (χ1) is 8.29. The molecule has 0 heterocycles. The first-order valence-electron chi connectivity index (χ1n) is 4.66. The largest absolute Gasteiger partial charge is 0.492 e. The molecule has 1 rings (SSSR count). The highest BCUT2D eigenvalue weighted by atomic mass is 35.5. The molecule has 3 nitrogen and oxygen atoms in total. The van der Waals surface area contributed by atoms with Crippen molar-refractivity contribution in [2.24, 2.45) is 0 Å². The van der Waals surface area contributed by atoms with Crippen LogP contribution in [0.5, 0.6) is 5.75 Å². The summed E-state index contributed by atoms with van der Waals surface area (Å²) in [6.07, 6.45) is 0. The third kappa shape index (κ3) is 5.05. The minimum absolute atomic E-state index is 0.00493. The second kappa shape index (κ2) is 6.19. The second-order valence-corrected chi connectivity index (χ2v) is 4.68. The van der Waals surface area contributed by atoms with Crippen LogP contribution < -0.4 is 4.74 Å². The van der Waals surface area contributed by atoms with Crippen molar-refractivity contribution in [2.45, 2.75) is 5.51 Å². The van der Waals surface area contributed by atoms with Crippen LogP contribution in [0.2, 0.25) is 5.02 Å². The van der Waals surface area contributed by atoms with E-state index in [0.29, 0.717) is 0 Å². The summed E-state index contributed by atoms with van der Waals surface area (Å²) in [5.41, 5.74) is -4.50. The standard InChI is InChI=1S/C10H8ClF3O3S/c11-6-1-2-8(7(5-6)9(15)16)17-3-4-18-10(12,13)14/h1-2,5H,3-4H2,(H,15,16). The maximum absolute atomic E-state index is 11.8. The van der Waals surface area contributed by atoms with Gasteiger partial charge >= 0.3 is 11.5 Å². The van der Waals surface area contributed by atoms with Crippen LogP contribution in [0.15, 0.2) is 18.2 Å². The molecule has 0 aromatic heterocycles. The molecule has 0 radical (unpaired) electrons. The van der Waals surface area contributed by atoms with E-state index in [0.717, 1.165) is 0 Å². The summed E-state index contributed by atoms with van der Waals surface area (Å²) >= 11 is 5.38. The Morgan fingerprint density at radius 3 is 2.67 bits per heavy atom. The topological polar surface area (TPSA) is 46.5 Å². The lowest BCUT2D eigenvalue weighted by Crippen LogP contribution is -2.09. The summed E-state index contributed by atoms with van der Waals surface area (Å²) in [6.45, 7) is -0.244. The van der Waals surface area contributed by atoms with Gasteiger partial charge in [0.15, 0.2) is 0 Å². The number of halogens is 4. The molecule has 0 aliphatic rings. The van der Waals surface area contributed by atoms with E-state index in [-0.39, 0.29) is 40.5 Å². The van der Waals surface area contributed by atoms with Crippen molar-refractivity contribution in [3.8, 4) is 5.75 Å². The minimum atomic E-state index is -4.32. The van der Waals surface area contributed by atoms with E-state index in [1.165, 1.54) is 18.2 Å². The maximum atomic E-state index is 11.8. The fourth-order valence-electron chi connectivity index (χ4n) is 1.10. The average Bonchev–Trinajstić information content (AvgIpc) is 2.24. The number of alkyl halides is 3. The molecule has 0 bridgehead atoms. The monoisotopic (exact) mass is 300 g/mol. The highest BCUT2D eigenvalue weighted by molar-refractivity contribution is 8.00. The van der Waals surface area contributed by atoms with Gasteiger partial charge in [0.1, 0.15) is 11.3 Å².